The van der Waals surface area contributed by atoms with Crippen molar-refractivity contribution in [1.29, 1.82) is 0 Å². The number of aromatic nitrogens is 3. The van der Waals surface area contributed by atoms with Gasteiger partial charge in [0.05, 0.1) is 5.69 Å². The number of hydrogen-bond donors (Lipinski definition) is 1. The van der Waals surface area contributed by atoms with Gasteiger partial charge < -0.3 is 10.6 Å². The number of hydrogen-bond acceptors (Lipinski definition) is 5. The molecule has 3 rings (SSSR count). The van der Waals surface area contributed by atoms with Gasteiger partial charge in [0.1, 0.15) is 0 Å². The second-order valence-electron chi connectivity index (χ2n) is 4.71. The van der Waals surface area contributed by atoms with Gasteiger partial charge in [-0.25, -0.2) is 9.97 Å². The highest BCUT2D eigenvalue weighted by atomic mass is 15.3. The van der Waals surface area contributed by atoms with Crippen molar-refractivity contribution in [3.63, 3.8) is 0 Å². The van der Waals surface area contributed by atoms with Crippen LogP contribution in [0.1, 0.15) is 12.8 Å². The van der Waals surface area contributed by atoms with Crippen LogP contribution in [0.3, 0.4) is 0 Å². The quantitative estimate of drug-likeness (QED) is 0.899. The monoisotopic (exact) mass is 255 g/mol. The Labute approximate surface area is 112 Å². The summed E-state index contributed by atoms with van der Waals surface area (Å²) in [4.78, 5) is 15.4. The summed E-state index contributed by atoms with van der Waals surface area (Å²) in [5.41, 5.74) is 7.61. The van der Waals surface area contributed by atoms with E-state index in [4.69, 9.17) is 5.73 Å². The molecule has 2 aromatic heterocycles. The Morgan fingerprint density at radius 3 is 2.74 bits per heavy atom. The van der Waals surface area contributed by atoms with Crippen LogP contribution >= 0.6 is 0 Å². The average Bonchev–Trinajstić information content (AvgIpc) is 2.97. The van der Waals surface area contributed by atoms with E-state index in [-0.39, 0.29) is 0 Å². The first-order valence-corrected chi connectivity index (χ1v) is 6.58. The van der Waals surface area contributed by atoms with Gasteiger partial charge >= 0.3 is 0 Å². The van der Waals surface area contributed by atoms with Crippen LogP contribution in [0.4, 0.5) is 5.95 Å². The second-order valence-corrected chi connectivity index (χ2v) is 4.71. The van der Waals surface area contributed by atoms with Crippen LogP contribution in [0.2, 0.25) is 0 Å². The Morgan fingerprint density at radius 1 is 1.21 bits per heavy atom. The number of pyridine rings is 1. The third-order valence-electron chi connectivity index (χ3n) is 3.50. The van der Waals surface area contributed by atoms with Crippen molar-refractivity contribution in [2.45, 2.75) is 18.9 Å². The highest BCUT2D eigenvalue weighted by molar-refractivity contribution is 5.57. The van der Waals surface area contributed by atoms with Gasteiger partial charge in [-0.1, -0.05) is 6.07 Å². The maximum Gasteiger partial charge on any atom is 0.225 e. The summed E-state index contributed by atoms with van der Waals surface area (Å²) >= 11 is 0. The standard InChI is InChI=1S/C14H17N5/c15-8-12-4-3-7-19(12)14-17-9-11(10-18-14)13-5-1-2-6-16-13/h1-2,5-6,9-10,12H,3-4,7-8,15H2. The number of nitrogens with two attached hydrogens (primary N) is 1. The second kappa shape index (κ2) is 5.32. The molecule has 19 heavy (non-hydrogen) atoms. The molecule has 1 saturated heterocycles. The van der Waals surface area contributed by atoms with Crippen molar-refractivity contribution in [1.82, 2.24) is 15.0 Å². The number of nitrogens with zero attached hydrogens (tertiary/aromatic N) is 4. The topological polar surface area (TPSA) is 67.9 Å². The minimum Gasteiger partial charge on any atom is -0.337 e. The van der Waals surface area contributed by atoms with Crippen LogP contribution in [0.15, 0.2) is 36.8 Å². The van der Waals surface area contributed by atoms with Crippen LogP contribution in [0.25, 0.3) is 11.3 Å². The molecule has 1 aliphatic rings. The minimum atomic E-state index is 0.376. The highest BCUT2D eigenvalue weighted by Crippen LogP contribution is 2.22. The van der Waals surface area contributed by atoms with E-state index in [0.29, 0.717) is 12.6 Å². The summed E-state index contributed by atoms with van der Waals surface area (Å²) in [6.07, 6.45) is 7.72. The third kappa shape index (κ3) is 2.42. The Kier molecular flexibility index (Phi) is 3.37. The fraction of sp³-hybridized carbons (Fsp3) is 0.357. The predicted molar refractivity (Wildman–Crippen MR) is 74.7 cm³/mol. The van der Waals surface area contributed by atoms with Gasteiger partial charge in [0, 0.05) is 43.3 Å². The first kappa shape index (κ1) is 12.0. The lowest BCUT2D eigenvalue weighted by Crippen LogP contribution is -2.36. The third-order valence-corrected chi connectivity index (χ3v) is 3.50. The summed E-state index contributed by atoms with van der Waals surface area (Å²) in [5.74, 6) is 0.771. The molecule has 2 aromatic rings. The van der Waals surface area contributed by atoms with Crippen LogP contribution in [-0.2, 0) is 0 Å². The van der Waals surface area contributed by atoms with Crippen LogP contribution in [-0.4, -0.2) is 34.1 Å². The van der Waals surface area contributed by atoms with E-state index in [2.05, 4.69) is 19.9 Å². The normalized spacial score (nSPS) is 18.8. The van der Waals surface area contributed by atoms with Crippen LogP contribution in [0, 0.1) is 0 Å². The fourth-order valence-electron chi connectivity index (χ4n) is 2.48. The Morgan fingerprint density at radius 2 is 2.05 bits per heavy atom. The van der Waals surface area contributed by atoms with E-state index in [1.165, 1.54) is 0 Å². The average molecular weight is 255 g/mol. The van der Waals surface area contributed by atoms with E-state index < -0.39 is 0 Å². The van der Waals surface area contributed by atoms with Gasteiger partial charge in [-0.05, 0) is 25.0 Å². The van der Waals surface area contributed by atoms with Crippen LogP contribution < -0.4 is 10.6 Å². The Balaban J connectivity index is 1.83. The molecule has 2 N–H and O–H groups in total. The molecule has 3 heterocycles. The molecule has 5 heteroatoms. The molecule has 0 spiro atoms. The molecule has 0 bridgehead atoms. The first-order chi connectivity index (χ1) is 9.38. The molecule has 1 unspecified atom stereocenters. The Hall–Kier alpha value is -2.01. The Bertz CT molecular complexity index is 525. The summed E-state index contributed by atoms with van der Waals surface area (Å²) in [6.45, 7) is 1.65. The molecule has 5 nitrogen and oxygen atoms in total. The molecule has 0 aromatic carbocycles. The first-order valence-electron chi connectivity index (χ1n) is 6.58. The molecule has 1 aliphatic heterocycles. The van der Waals surface area contributed by atoms with Gasteiger partial charge in [0.25, 0.3) is 0 Å². The zero-order valence-electron chi connectivity index (χ0n) is 10.7. The van der Waals surface area contributed by atoms with Gasteiger partial charge in [-0.2, -0.15) is 0 Å². The van der Waals surface area contributed by atoms with E-state index in [1.54, 1.807) is 6.20 Å². The van der Waals surface area contributed by atoms with E-state index in [0.717, 1.165) is 36.6 Å². The summed E-state index contributed by atoms with van der Waals surface area (Å²) in [7, 11) is 0. The van der Waals surface area contributed by atoms with E-state index in [9.17, 15) is 0 Å². The summed E-state index contributed by atoms with van der Waals surface area (Å²) in [6, 6.07) is 6.19. The van der Waals surface area contributed by atoms with Crippen LogP contribution in [0.5, 0.6) is 0 Å². The smallest absolute Gasteiger partial charge is 0.225 e. The van der Waals surface area contributed by atoms with Crippen molar-refractivity contribution >= 4 is 5.95 Å². The fourth-order valence-corrected chi connectivity index (χ4v) is 2.48. The molecule has 98 valence electrons. The van der Waals surface area contributed by atoms with Crippen molar-refractivity contribution < 1.29 is 0 Å². The number of rotatable bonds is 3. The molecular formula is C14H17N5. The lowest BCUT2D eigenvalue weighted by Gasteiger charge is -2.23. The number of anilines is 1. The predicted octanol–water partition coefficient (Wildman–Crippen LogP) is 1.47. The maximum atomic E-state index is 5.78. The molecule has 0 aliphatic carbocycles. The van der Waals surface area contributed by atoms with Crippen molar-refractivity contribution in [3.05, 3.63) is 36.8 Å². The minimum absolute atomic E-state index is 0.376. The molecular weight excluding hydrogens is 238 g/mol. The van der Waals surface area contributed by atoms with Gasteiger partial charge in [0.15, 0.2) is 0 Å². The molecule has 0 radical (unpaired) electrons. The van der Waals surface area contributed by atoms with Crippen molar-refractivity contribution in [2.75, 3.05) is 18.0 Å². The molecule has 1 fully saturated rings. The summed E-state index contributed by atoms with van der Waals surface area (Å²) < 4.78 is 0. The zero-order chi connectivity index (χ0) is 13.1. The lowest BCUT2D eigenvalue weighted by atomic mass is 10.2. The zero-order valence-corrected chi connectivity index (χ0v) is 10.7. The summed E-state index contributed by atoms with van der Waals surface area (Å²) in [5, 5.41) is 0. The van der Waals surface area contributed by atoms with Gasteiger partial charge in [-0.15, -0.1) is 0 Å². The maximum absolute atomic E-state index is 5.78. The molecule has 0 amide bonds. The van der Waals surface area contributed by atoms with Crippen molar-refractivity contribution in [3.8, 4) is 11.3 Å². The van der Waals surface area contributed by atoms with E-state index in [1.807, 2.05) is 30.6 Å². The van der Waals surface area contributed by atoms with E-state index >= 15 is 0 Å². The van der Waals surface area contributed by atoms with Gasteiger partial charge in [-0.3, -0.25) is 4.98 Å². The molecule has 1 atom stereocenters. The molecule has 0 saturated carbocycles. The van der Waals surface area contributed by atoms with Crippen molar-refractivity contribution in [2.24, 2.45) is 5.73 Å². The SMILES string of the molecule is NCC1CCCN1c1ncc(-c2ccccn2)cn1. The highest BCUT2D eigenvalue weighted by Gasteiger charge is 2.25. The largest absolute Gasteiger partial charge is 0.337 e. The lowest BCUT2D eigenvalue weighted by molar-refractivity contribution is 0.664. The van der Waals surface area contributed by atoms with Gasteiger partial charge in [0.2, 0.25) is 5.95 Å².